The van der Waals surface area contributed by atoms with E-state index < -0.39 is 0 Å². The van der Waals surface area contributed by atoms with Gasteiger partial charge in [0.15, 0.2) is 0 Å². The van der Waals surface area contributed by atoms with E-state index in [-0.39, 0.29) is 5.82 Å². The van der Waals surface area contributed by atoms with Gasteiger partial charge in [-0.2, -0.15) is 0 Å². The van der Waals surface area contributed by atoms with E-state index in [0.717, 1.165) is 11.5 Å². The second kappa shape index (κ2) is 5.89. The van der Waals surface area contributed by atoms with Gasteiger partial charge < -0.3 is 5.32 Å². The molecule has 1 aromatic heterocycles. The zero-order valence-electron chi connectivity index (χ0n) is 9.95. The number of nitrogens with zero attached hydrogens (tertiary/aromatic N) is 2. The first-order chi connectivity index (χ1) is 8.66. The van der Waals surface area contributed by atoms with Crippen LogP contribution in [0.2, 0.25) is 5.02 Å². The van der Waals surface area contributed by atoms with Crippen molar-refractivity contribution in [1.82, 2.24) is 15.3 Å². The van der Waals surface area contributed by atoms with Crippen LogP contribution in [-0.4, -0.2) is 9.97 Å². The van der Waals surface area contributed by atoms with E-state index in [4.69, 9.17) is 11.6 Å². The quantitative estimate of drug-likeness (QED) is 0.924. The second-order valence-electron chi connectivity index (χ2n) is 3.90. The lowest BCUT2D eigenvalue weighted by Crippen LogP contribution is -2.15. The zero-order valence-corrected chi connectivity index (χ0v) is 10.7. The fourth-order valence-electron chi connectivity index (χ4n) is 1.62. The highest BCUT2D eigenvalue weighted by Crippen LogP contribution is 2.18. The Morgan fingerprint density at radius 1 is 1.28 bits per heavy atom. The van der Waals surface area contributed by atoms with Gasteiger partial charge in [-0.3, -0.25) is 0 Å². The number of nitrogens with one attached hydrogen (secondary N) is 1. The topological polar surface area (TPSA) is 37.8 Å². The molecule has 0 saturated carbocycles. The van der Waals surface area contributed by atoms with Crippen molar-refractivity contribution in [3.05, 3.63) is 58.4 Å². The number of benzene rings is 1. The smallest absolute Gasteiger partial charge is 0.129 e. The van der Waals surface area contributed by atoms with Crippen LogP contribution in [-0.2, 0) is 13.1 Å². The lowest BCUT2D eigenvalue weighted by molar-refractivity contribution is 0.585. The number of aromatic nitrogens is 2. The molecular formula is C13H13ClFN3. The standard InChI is InChI=1S/C13H13ClFN3/c1-9-17-6-5-10(18-9)7-16-8-11-12(14)3-2-4-13(11)15/h2-6,16H,7-8H2,1H3. The predicted molar refractivity (Wildman–Crippen MR) is 68.7 cm³/mol. The van der Waals surface area contributed by atoms with Crippen LogP contribution in [0.25, 0.3) is 0 Å². The van der Waals surface area contributed by atoms with Gasteiger partial charge in [-0.15, -0.1) is 0 Å². The van der Waals surface area contributed by atoms with Crippen molar-refractivity contribution in [3.8, 4) is 0 Å². The van der Waals surface area contributed by atoms with Gasteiger partial charge in [0.05, 0.1) is 5.69 Å². The Labute approximate surface area is 110 Å². The van der Waals surface area contributed by atoms with Gasteiger partial charge in [0, 0.05) is 29.9 Å². The minimum absolute atomic E-state index is 0.297. The Kier molecular flexibility index (Phi) is 4.23. The Bertz CT molecular complexity index is 525. The number of aryl methyl sites for hydroxylation is 1. The summed E-state index contributed by atoms with van der Waals surface area (Å²) < 4.78 is 13.5. The van der Waals surface area contributed by atoms with Gasteiger partial charge in [-0.25, -0.2) is 14.4 Å². The third-order valence-corrected chi connectivity index (χ3v) is 2.86. The van der Waals surface area contributed by atoms with E-state index >= 15 is 0 Å². The molecule has 5 heteroatoms. The van der Waals surface area contributed by atoms with E-state index in [0.29, 0.717) is 23.7 Å². The van der Waals surface area contributed by atoms with Crippen LogP contribution in [0.15, 0.2) is 30.5 Å². The third-order valence-electron chi connectivity index (χ3n) is 2.50. The molecule has 3 nitrogen and oxygen atoms in total. The fourth-order valence-corrected chi connectivity index (χ4v) is 1.85. The Morgan fingerprint density at radius 3 is 2.83 bits per heavy atom. The maximum Gasteiger partial charge on any atom is 0.129 e. The summed E-state index contributed by atoms with van der Waals surface area (Å²) in [4.78, 5) is 8.26. The van der Waals surface area contributed by atoms with Crippen molar-refractivity contribution in [2.24, 2.45) is 0 Å². The molecule has 0 unspecified atom stereocenters. The summed E-state index contributed by atoms with van der Waals surface area (Å²) in [5.41, 5.74) is 1.35. The summed E-state index contributed by atoms with van der Waals surface area (Å²) in [7, 11) is 0. The number of hydrogen-bond acceptors (Lipinski definition) is 3. The molecule has 94 valence electrons. The molecule has 1 heterocycles. The van der Waals surface area contributed by atoms with Crippen molar-refractivity contribution < 1.29 is 4.39 Å². The fraction of sp³-hybridized carbons (Fsp3) is 0.231. The Morgan fingerprint density at radius 2 is 2.11 bits per heavy atom. The van der Waals surface area contributed by atoms with Gasteiger partial charge in [0.1, 0.15) is 11.6 Å². The molecule has 0 amide bonds. The second-order valence-corrected chi connectivity index (χ2v) is 4.31. The van der Waals surface area contributed by atoms with Crippen molar-refractivity contribution in [2.75, 3.05) is 0 Å². The molecular weight excluding hydrogens is 253 g/mol. The molecule has 1 N–H and O–H groups in total. The summed E-state index contributed by atoms with van der Waals surface area (Å²) >= 11 is 5.93. The van der Waals surface area contributed by atoms with Gasteiger partial charge in [-0.05, 0) is 25.1 Å². The van der Waals surface area contributed by atoms with Gasteiger partial charge in [0.2, 0.25) is 0 Å². The van der Waals surface area contributed by atoms with Crippen molar-refractivity contribution in [2.45, 2.75) is 20.0 Å². The first-order valence-electron chi connectivity index (χ1n) is 5.59. The molecule has 2 aromatic rings. The van der Waals surface area contributed by atoms with Gasteiger partial charge >= 0.3 is 0 Å². The molecule has 0 atom stereocenters. The van der Waals surface area contributed by atoms with E-state index in [1.54, 1.807) is 18.3 Å². The number of rotatable bonds is 4. The average molecular weight is 266 g/mol. The lowest BCUT2D eigenvalue weighted by Gasteiger charge is -2.07. The minimum Gasteiger partial charge on any atom is -0.307 e. The first-order valence-corrected chi connectivity index (χ1v) is 5.97. The predicted octanol–water partition coefficient (Wildman–Crippen LogP) is 2.87. The van der Waals surface area contributed by atoms with Crippen molar-refractivity contribution in [3.63, 3.8) is 0 Å². The van der Waals surface area contributed by atoms with Gasteiger partial charge in [0.25, 0.3) is 0 Å². The molecule has 0 aliphatic carbocycles. The van der Waals surface area contributed by atoms with Crippen LogP contribution in [0, 0.1) is 12.7 Å². The number of hydrogen-bond donors (Lipinski definition) is 1. The molecule has 0 radical (unpaired) electrons. The summed E-state index contributed by atoms with van der Waals surface area (Å²) in [5.74, 6) is 0.423. The zero-order chi connectivity index (χ0) is 13.0. The van der Waals surface area contributed by atoms with E-state index in [1.807, 2.05) is 13.0 Å². The molecule has 0 fully saturated rings. The molecule has 0 spiro atoms. The van der Waals surface area contributed by atoms with E-state index in [2.05, 4.69) is 15.3 Å². The maximum absolute atomic E-state index is 13.5. The lowest BCUT2D eigenvalue weighted by atomic mass is 10.2. The third kappa shape index (κ3) is 3.24. The SMILES string of the molecule is Cc1nccc(CNCc2c(F)cccc2Cl)n1. The Hall–Kier alpha value is -1.52. The molecule has 0 bridgehead atoms. The van der Waals surface area contributed by atoms with Crippen LogP contribution < -0.4 is 5.32 Å². The normalized spacial score (nSPS) is 10.6. The summed E-state index contributed by atoms with van der Waals surface area (Å²) in [5, 5.41) is 3.54. The van der Waals surface area contributed by atoms with Gasteiger partial charge in [-0.1, -0.05) is 17.7 Å². The van der Waals surface area contributed by atoms with Crippen molar-refractivity contribution >= 4 is 11.6 Å². The average Bonchev–Trinajstić information content (AvgIpc) is 2.33. The van der Waals surface area contributed by atoms with Crippen LogP contribution in [0.1, 0.15) is 17.1 Å². The highest BCUT2D eigenvalue weighted by Gasteiger charge is 2.06. The van der Waals surface area contributed by atoms with Crippen LogP contribution >= 0.6 is 11.6 Å². The molecule has 0 aliphatic rings. The molecule has 0 saturated heterocycles. The highest BCUT2D eigenvalue weighted by molar-refractivity contribution is 6.31. The van der Waals surface area contributed by atoms with Crippen LogP contribution in [0.3, 0.4) is 0 Å². The van der Waals surface area contributed by atoms with E-state index in [1.165, 1.54) is 6.07 Å². The highest BCUT2D eigenvalue weighted by atomic mass is 35.5. The molecule has 2 rings (SSSR count). The van der Waals surface area contributed by atoms with Crippen LogP contribution in [0.5, 0.6) is 0 Å². The molecule has 18 heavy (non-hydrogen) atoms. The largest absolute Gasteiger partial charge is 0.307 e. The number of halogens is 2. The summed E-state index contributed by atoms with van der Waals surface area (Å²) in [6.45, 7) is 2.75. The first kappa shape index (κ1) is 12.9. The molecule has 1 aromatic carbocycles. The Balaban J connectivity index is 1.97. The minimum atomic E-state index is -0.297. The summed E-state index contributed by atoms with van der Waals surface area (Å²) in [6, 6.07) is 6.49. The van der Waals surface area contributed by atoms with Crippen molar-refractivity contribution in [1.29, 1.82) is 0 Å². The maximum atomic E-state index is 13.5. The van der Waals surface area contributed by atoms with E-state index in [9.17, 15) is 4.39 Å². The monoisotopic (exact) mass is 265 g/mol. The molecule has 0 aliphatic heterocycles. The van der Waals surface area contributed by atoms with Crippen LogP contribution in [0.4, 0.5) is 4.39 Å². The summed E-state index contributed by atoms with van der Waals surface area (Å²) in [6.07, 6.45) is 1.70.